The van der Waals surface area contributed by atoms with Crippen LogP contribution in [0, 0.1) is 11.8 Å². The van der Waals surface area contributed by atoms with Gasteiger partial charge in [-0.15, -0.1) is 0 Å². The van der Waals surface area contributed by atoms with Gasteiger partial charge < -0.3 is 9.80 Å². The van der Waals surface area contributed by atoms with Crippen molar-refractivity contribution in [2.45, 2.75) is 13.8 Å². The molecular weight excluding hydrogens is 204 g/mol. The van der Waals surface area contributed by atoms with E-state index in [2.05, 4.69) is 23.1 Å². The van der Waals surface area contributed by atoms with Crippen LogP contribution < -0.4 is 0 Å². The van der Waals surface area contributed by atoms with Crippen molar-refractivity contribution in [2.75, 3.05) is 51.8 Å². The van der Waals surface area contributed by atoms with E-state index >= 15 is 0 Å². The minimum absolute atomic E-state index is 0.979. The Kier molecular flexibility index (Phi) is 6.02. The normalized spacial score (nSPS) is 31.2. The van der Waals surface area contributed by atoms with E-state index < -0.39 is 0 Å². The molecule has 2 fully saturated rings. The van der Waals surface area contributed by atoms with Crippen molar-refractivity contribution in [3.05, 3.63) is 0 Å². The zero-order chi connectivity index (χ0) is 11.3. The van der Waals surface area contributed by atoms with Gasteiger partial charge in [-0.05, 0) is 25.1 Å². The van der Waals surface area contributed by atoms with Crippen molar-refractivity contribution in [1.29, 1.82) is 0 Å². The summed E-state index contributed by atoms with van der Waals surface area (Å²) in [6, 6.07) is 0. The van der Waals surface area contributed by atoms with Gasteiger partial charge in [0.25, 0.3) is 0 Å². The standard InChI is InChI=1S/C10H20N2S.C2H6/c1-11-5-9-7-12(3-4-13-2)8-10(9)6-11;1-2/h9-10H,3-8H2,1-2H3;1-2H3/t9-,10+;. The SMILES string of the molecule is CC.CSCCN1C[C@H]2CN(C)C[C@H]2C1. The number of nitrogens with zero attached hydrogens (tertiary/aromatic N) is 2. The molecule has 15 heavy (non-hydrogen) atoms. The second kappa shape index (κ2) is 6.77. The molecule has 0 spiro atoms. The lowest BCUT2D eigenvalue weighted by molar-refractivity contribution is 0.290. The molecule has 2 rings (SSSR count). The fraction of sp³-hybridized carbons (Fsp3) is 1.00. The number of hydrogen-bond acceptors (Lipinski definition) is 3. The summed E-state index contributed by atoms with van der Waals surface area (Å²) in [5, 5.41) is 0. The smallest absolute Gasteiger partial charge is 0.00725 e. The van der Waals surface area contributed by atoms with Gasteiger partial charge >= 0.3 is 0 Å². The maximum atomic E-state index is 2.65. The van der Waals surface area contributed by atoms with Crippen LogP contribution in [0.1, 0.15) is 13.8 Å². The van der Waals surface area contributed by atoms with Gasteiger partial charge in [-0.25, -0.2) is 0 Å². The van der Waals surface area contributed by atoms with Crippen molar-refractivity contribution in [1.82, 2.24) is 9.80 Å². The van der Waals surface area contributed by atoms with E-state index in [1.165, 1.54) is 38.5 Å². The molecule has 0 amide bonds. The van der Waals surface area contributed by atoms with Gasteiger partial charge in [0.1, 0.15) is 0 Å². The van der Waals surface area contributed by atoms with E-state index in [-0.39, 0.29) is 0 Å². The second-order valence-electron chi connectivity index (χ2n) is 4.49. The van der Waals surface area contributed by atoms with Crippen LogP contribution in [0.2, 0.25) is 0 Å². The Morgan fingerprint density at radius 3 is 2.07 bits per heavy atom. The van der Waals surface area contributed by atoms with Crippen molar-refractivity contribution in [3.8, 4) is 0 Å². The zero-order valence-electron chi connectivity index (χ0n) is 10.7. The lowest BCUT2D eigenvalue weighted by Crippen LogP contribution is -2.28. The summed E-state index contributed by atoms with van der Waals surface area (Å²) in [6.07, 6.45) is 2.20. The summed E-state index contributed by atoms with van der Waals surface area (Å²) in [4.78, 5) is 5.14. The summed E-state index contributed by atoms with van der Waals surface area (Å²) in [7, 11) is 2.25. The van der Waals surface area contributed by atoms with Crippen molar-refractivity contribution in [2.24, 2.45) is 11.8 Å². The van der Waals surface area contributed by atoms with Crippen LogP contribution >= 0.6 is 11.8 Å². The lowest BCUT2D eigenvalue weighted by atomic mass is 10.0. The maximum absolute atomic E-state index is 2.65. The quantitative estimate of drug-likeness (QED) is 0.731. The average molecular weight is 230 g/mol. The summed E-state index contributed by atoms with van der Waals surface area (Å²) in [5.41, 5.74) is 0. The fourth-order valence-corrected chi connectivity index (χ4v) is 3.17. The number of hydrogen-bond donors (Lipinski definition) is 0. The van der Waals surface area contributed by atoms with Gasteiger partial charge in [-0.2, -0.15) is 11.8 Å². The molecule has 0 saturated carbocycles. The van der Waals surface area contributed by atoms with Gasteiger partial charge in [0, 0.05) is 38.5 Å². The molecule has 0 aromatic heterocycles. The van der Waals surface area contributed by atoms with Crippen LogP contribution in [0.5, 0.6) is 0 Å². The third-order valence-corrected chi connectivity index (χ3v) is 3.95. The molecule has 2 atom stereocenters. The molecule has 3 heteroatoms. The molecule has 2 aliphatic heterocycles. The van der Waals surface area contributed by atoms with Gasteiger partial charge in [0.15, 0.2) is 0 Å². The third kappa shape index (κ3) is 3.65. The van der Waals surface area contributed by atoms with E-state index in [4.69, 9.17) is 0 Å². The first-order valence-electron chi connectivity index (χ1n) is 6.19. The molecule has 2 aliphatic rings. The first-order chi connectivity index (χ1) is 7.29. The minimum Gasteiger partial charge on any atom is -0.306 e. The van der Waals surface area contributed by atoms with E-state index in [1.54, 1.807) is 0 Å². The predicted molar refractivity (Wildman–Crippen MR) is 70.6 cm³/mol. The third-order valence-electron chi connectivity index (χ3n) is 3.36. The highest BCUT2D eigenvalue weighted by Gasteiger charge is 2.37. The Balaban J connectivity index is 0.000000531. The highest BCUT2D eigenvalue weighted by Crippen LogP contribution is 2.29. The van der Waals surface area contributed by atoms with Gasteiger partial charge in [-0.1, -0.05) is 13.8 Å². The van der Waals surface area contributed by atoms with Crippen molar-refractivity contribution < 1.29 is 0 Å². The number of rotatable bonds is 3. The first-order valence-corrected chi connectivity index (χ1v) is 7.59. The van der Waals surface area contributed by atoms with Crippen LogP contribution in [0.25, 0.3) is 0 Å². The molecule has 0 aromatic carbocycles. The Labute approximate surface area is 99.4 Å². The van der Waals surface area contributed by atoms with E-state index in [9.17, 15) is 0 Å². The highest BCUT2D eigenvalue weighted by molar-refractivity contribution is 7.98. The van der Waals surface area contributed by atoms with Crippen LogP contribution in [0.15, 0.2) is 0 Å². The Hall–Kier alpha value is 0.270. The second-order valence-corrected chi connectivity index (χ2v) is 5.48. The Morgan fingerprint density at radius 1 is 1.07 bits per heavy atom. The lowest BCUT2D eigenvalue weighted by Gasteiger charge is -2.17. The number of likely N-dealkylation sites (tertiary alicyclic amines) is 2. The van der Waals surface area contributed by atoms with Gasteiger partial charge in [-0.3, -0.25) is 0 Å². The van der Waals surface area contributed by atoms with E-state index in [1.807, 2.05) is 25.6 Å². The van der Waals surface area contributed by atoms with E-state index in [0.29, 0.717) is 0 Å². The summed E-state index contributed by atoms with van der Waals surface area (Å²) in [5.74, 6) is 3.26. The van der Waals surface area contributed by atoms with Crippen LogP contribution in [0.4, 0.5) is 0 Å². The molecule has 0 aromatic rings. The van der Waals surface area contributed by atoms with Gasteiger partial charge in [0.2, 0.25) is 0 Å². The molecule has 0 aliphatic carbocycles. The predicted octanol–water partition coefficient (Wildman–Crippen LogP) is 1.87. The first kappa shape index (κ1) is 13.3. The fourth-order valence-electron chi connectivity index (χ4n) is 2.73. The number of thioether (sulfide) groups is 1. The molecule has 0 radical (unpaired) electrons. The van der Waals surface area contributed by atoms with Crippen LogP contribution in [-0.2, 0) is 0 Å². The zero-order valence-corrected chi connectivity index (χ0v) is 11.5. The Bertz CT molecular complexity index is 161. The largest absolute Gasteiger partial charge is 0.306 e. The molecule has 2 heterocycles. The van der Waals surface area contributed by atoms with Gasteiger partial charge in [0.05, 0.1) is 0 Å². The van der Waals surface area contributed by atoms with Crippen molar-refractivity contribution >= 4 is 11.8 Å². The molecule has 0 N–H and O–H groups in total. The minimum atomic E-state index is 0.979. The maximum Gasteiger partial charge on any atom is 0.00725 e. The van der Waals surface area contributed by atoms with Crippen LogP contribution in [0.3, 0.4) is 0 Å². The summed E-state index contributed by atoms with van der Waals surface area (Å²) < 4.78 is 0. The Morgan fingerprint density at radius 2 is 1.60 bits per heavy atom. The molecule has 2 nitrogen and oxygen atoms in total. The summed E-state index contributed by atoms with van der Waals surface area (Å²) in [6.45, 7) is 10.7. The molecule has 0 bridgehead atoms. The topological polar surface area (TPSA) is 6.48 Å². The molecule has 90 valence electrons. The number of fused-ring (bicyclic) bond motifs is 1. The van der Waals surface area contributed by atoms with E-state index in [0.717, 1.165) is 11.8 Å². The summed E-state index contributed by atoms with van der Waals surface area (Å²) >= 11 is 1.97. The monoisotopic (exact) mass is 230 g/mol. The van der Waals surface area contributed by atoms with Crippen LogP contribution in [-0.4, -0.2) is 61.6 Å². The average Bonchev–Trinajstić information content (AvgIpc) is 2.74. The molecule has 0 unspecified atom stereocenters. The highest BCUT2D eigenvalue weighted by atomic mass is 32.2. The molecular formula is C12H26N2S. The molecule has 2 saturated heterocycles. The van der Waals surface area contributed by atoms with Crippen molar-refractivity contribution in [3.63, 3.8) is 0 Å².